The Morgan fingerprint density at radius 1 is 1.03 bits per heavy atom. The second-order valence-electron chi connectivity index (χ2n) is 9.71. The van der Waals surface area contributed by atoms with Gasteiger partial charge in [-0.2, -0.15) is 0 Å². The first-order valence-corrected chi connectivity index (χ1v) is 12.6. The number of benzene rings is 2. The molecule has 35 heavy (non-hydrogen) atoms. The van der Waals surface area contributed by atoms with Crippen molar-refractivity contribution in [1.29, 1.82) is 0 Å². The number of hydrogen-bond acceptors (Lipinski definition) is 4. The fourth-order valence-electron chi connectivity index (χ4n) is 5.26. The third-order valence-corrected chi connectivity index (χ3v) is 7.07. The molecule has 0 saturated heterocycles. The fourth-order valence-corrected chi connectivity index (χ4v) is 5.26. The van der Waals surface area contributed by atoms with Gasteiger partial charge in [-0.05, 0) is 47.4 Å². The van der Waals surface area contributed by atoms with Gasteiger partial charge in [0.2, 0.25) is 5.91 Å². The molecule has 2 aromatic carbocycles. The van der Waals surface area contributed by atoms with Crippen molar-refractivity contribution in [3.05, 3.63) is 59.7 Å². The molecule has 0 aromatic heterocycles. The largest absolute Gasteiger partial charge is 0.481 e. The van der Waals surface area contributed by atoms with Crippen LogP contribution in [0, 0.1) is 5.92 Å². The Kier molecular flexibility index (Phi) is 8.06. The molecule has 4 rings (SSSR count). The van der Waals surface area contributed by atoms with Crippen LogP contribution in [0.25, 0.3) is 11.1 Å². The summed E-state index contributed by atoms with van der Waals surface area (Å²) in [4.78, 5) is 36.0. The van der Waals surface area contributed by atoms with Crippen LogP contribution in [-0.4, -0.2) is 41.8 Å². The molecule has 0 heterocycles. The van der Waals surface area contributed by atoms with Crippen molar-refractivity contribution in [3.8, 4) is 11.1 Å². The zero-order valence-electron chi connectivity index (χ0n) is 20.2. The number of aliphatic carboxylic acids is 1. The lowest BCUT2D eigenvalue weighted by molar-refractivity contribution is -0.139. The summed E-state index contributed by atoms with van der Waals surface area (Å²) in [5.74, 6) is -0.800. The number of ether oxygens (including phenoxy) is 1. The van der Waals surface area contributed by atoms with Crippen LogP contribution in [0.2, 0.25) is 0 Å². The molecule has 0 radical (unpaired) electrons. The van der Waals surface area contributed by atoms with Gasteiger partial charge < -0.3 is 20.5 Å². The van der Waals surface area contributed by atoms with Gasteiger partial charge in [0.05, 0.1) is 0 Å². The number of unbranched alkanes of at least 4 members (excludes halogenated alkanes) is 1. The summed E-state index contributed by atoms with van der Waals surface area (Å²) in [6.45, 7) is 2.31. The molecule has 1 fully saturated rings. The topological polar surface area (TPSA) is 105 Å². The Balaban J connectivity index is 1.29. The summed E-state index contributed by atoms with van der Waals surface area (Å²) in [6.07, 6.45) is 3.76. The number of amides is 2. The van der Waals surface area contributed by atoms with Gasteiger partial charge in [0, 0.05) is 30.8 Å². The fraction of sp³-hybridized carbons (Fsp3) is 0.464. The lowest BCUT2D eigenvalue weighted by Crippen LogP contribution is -2.47. The molecule has 2 amide bonds. The molecule has 1 atom stereocenters. The number of carbonyl (C=O) groups excluding carboxylic acids is 2. The van der Waals surface area contributed by atoms with Crippen molar-refractivity contribution < 1.29 is 24.2 Å². The number of carboxylic acids is 1. The maximum atomic E-state index is 12.7. The molecule has 0 spiro atoms. The summed E-state index contributed by atoms with van der Waals surface area (Å²) in [5, 5.41) is 14.7. The van der Waals surface area contributed by atoms with Gasteiger partial charge in [-0.1, -0.05) is 68.3 Å². The van der Waals surface area contributed by atoms with Gasteiger partial charge in [0.25, 0.3) is 0 Å². The first kappa shape index (κ1) is 24.8. The van der Waals surface area contributed by atoms with E-state index in [1.54, 1.807) is 0 Å². The van der Waals surface area contributed by atoms with Gasteiger partial charge in [0.1, 0.15) is 6.61 Å². The molecule has 7 heteroatoms. The van der Waals surface area contributed by atoms with Crippen LogP contribution in [-0.2, 0) is 14.3 Å². The number of hydrogen-bond donors (Lipinski definition) is 3. The Morgan fingerprint density at radius 2 is 1.66 bits per heavy atom. The molecular weight excluding hydrogens is 444 g/mol. The molecule has 2 aliphatic carbocycles. The minimum atomic E-state index is -0.799. The Bertz CT molecular complexity index is 1020. The molecule has 0 bridgehead atoms. The Morgan fingerprint density at radius 3 is 2.26 bits per heavy atom. The van der Waals surface area contributed by atoms with Crippen LogP contribution in [0.15, 0.2) is 48.5 Å². The highest BCUT2D eigenvalue weighted by Crippen LogP contribution is 2.44. The second kappa shape index (κ2) is 11.4. The van der Waals surface area contributed by atoms with Crippen LogP contribution in [0.3, 0.4) is 0 Å². The van der Waals surface area contributed by atoms with Gasteiger partial charge in [-0.15, -0.1) is 0 Å². The highest BCUT2D eigenvalue weighted by Gasteiger charge is 2.32. The smallest absolute Gasteiger partial charge is 0.407 e. The maximum Gasteiger partial charge on any atom is 0.407 e. The SMILES string of the molecule is CCCC[C@@H](CC(=O)NC1CC(CC(=O)O)C1)NC(=O)OCC1c2ccccc2-c2ccccc21. The van der Waals surface area contributed by atoms with Gasteiger partial charge in [-0.25, -0.2) is 4.79 Å². The quantitative estimate of drug-likeness (QED) is 0.429. The first-order chi connectivity index (χ1) is 16.9. The third-order valence-electron chi connectivity index (χ3n) is 7.07. The van der Waals surface area contributed by atoms with Crippen molar-refractivity contribution in [3.63, 3.8) is 0 Å². The predicted molar refractivity (Wildman–Crippen MR) is 133 cm³/mol. The number of rotatable bonds is 11. The van der Waals surface area contributed by atoms with Gasteiger partial charge in [-0.3, -0.25) is 9.59 Å². The van der Waals surface area contributed by atoms with E-state index in [9.17, 15) is 14.4 Å². The van der Waals surface area contributed by atoms with E-state index in [1.807, 2.05) is 24.3 Å². The van der Waals surface area contributed by atoms with Gasteiger partial charge >= 0.3 is 12.1 Å². The molecule has 0 aliphatic heterocycles. The van der Waals surface area contributed by atoms with E-state index in [4.69, 9.17) is 9.84 Å². The van der Waals surface area contributed by atoms with Gasteiger partial charge in [0.15, 0.2) is 0 Å². The number of fused-ring (bicyclic) bond motifs is 3. The first-order valence-electron chi connectivity index (χ1n) is 12.6. The normalized spacial score (nSPS) is 19.1. The van der Waals surface area contributed by atoms with E-state index < -0.39 is 12.1 Å². The van der Waals surface area contributed by atoms with E-state index in [0.717, 1.165) is 24.0 Å². The van der Waals surface area contributed by atoms with Crippen LogP contribution in [0.1, 0.15) is 68.9 Å². The Labute approximate surface area is 206 Å². The lowest BCUT2D eigenvalue weighted by Gasteiger charge is -2.35. The monoisotopic (exact) mass is 478 g/mol. The highest BCUT2D eigenvalue weighted by molar-refractivity contribution is 5.80. The van der Waals surface area contributed by atoms with Crippen LogP contribution >= 0.6 is 0 Å². The van der Waals surface area contributed by atoms with Crippen molar-refractivity contribution in [2.45, 2.75) is 69.9 Å². The van der Waals surface area contributed by atoms with E-state index in [-0.39, 0.29) is 49.3 Å². The summed E-state index contributed by atoms with van der Waals surface area (Å²) in [5.41, 5.74) is 4.67. The highest BCUT2D eigenvalue weighted by atomic mass is 16.5. The third kappa shape index (κ3) is 6.21. The van der Waals surface area contributed by atoms with E-state index in [1.165, 1.54) is 11.1 Å². The second-order valence-corrected chi connectivity index (χ2v) is 9.71. The predicted octanol–water partition coefficient (Wildman–Crippen LogP) is 4.84. The molecule has 3 N–H and O–H groups in total. The molecule has 2 aliphatic rings. The molecule has 2 aromatic rings. The standard InChI is InChI=1S/C28H34N2O5/c1-2-3-8-19(16-26(31)29-20-13-18(14-20)15-27(32)33)30-28(34)35-17-25-23-11-6-4-9-21(23)22-10-5-7-12-24(22)25/h4-7,9-12,18-20,25H,2-3,8,13-17H2,1H3,(H,29,31)(H,30,34)(H,32,33)/t18?,19-,20?/m0/s1. The maximum absolute atomic E-state index is 12.7. The summed E-state index contributed by atoms with van der Waals surface area (Å²) in [7, 11) is 0. The number of nitrogens with one attached hydrogen (secondary N) is 2. The van der Waals surface area contributed by atoms with Crippen molar-refractivity contribution in [2.24, 2.45) is 5.92 Å². The number of carboxylic acid groups (broad SMARTS) is 1. The zero-order chi connectivity index (χ0) is 24.8. The average Bonchev–Trinajstić information content (AvgIpc) is 3.13. The molecular formula is C28H34N2O5. The number of carbonyl (C=O) groups is 3. The van der Waals surface area contributed by atoms with Crippen molar-refractivity contribution >= 4 is 18.0 Å². The zero-order valence-corrected chi connectivity index (χ0v) is 20.2. The van der Waals surface area contributed by atoms with Crippen molar-refractivity contribution in [1.82, 2.24) is 10.6 Å². The van der Waals surface area contributed by atoms with Crippen molar-refractivity contribution in [2.75, 3.05) is 6.61 Å². The molecule has 186 valence electrons. The van der Waals surface area contributed by atoms with Crippen LogP contribution in [0.4, 0.5) is 4.79 Å². The summed E-state index contributed by atoms with van der Waals surface area (Å²) >= 11 is 0. The molecule has 0 unspecified atom stereocenters. The van der Waals surface area contributed by atoms with Crippen LogP contribution < -0.4 is 10.6 Å². The molecule has 7 nitrogen and oxygen atoms in total. The minimum Gasteiger partial charge on any atom is -0.481 e. The number of alkyl carbamates (subject to hydrolysis) is 1. The lowest BCUT2D eigenvalue weighted by atomic mass is 9.78. The summed E-state index contributed by atoms with van der Waals surface area (Å²) < 4.78 is 5.66. The van der Waals surface area contributed by atoms with E-state index in [2.05, 4.69) is 41.8 Å². The van der Waals surface area contributed by atoms with Crippen LogP contribution in [0.5, 0.6) is 0 Å². The summed E-state index contributed by atoms with van der Waals surface area (Å²) in [6, 6.07) is 16.1. The minimum absolute atomic E-state index is 0.0112. The van der Waals surface area contributed by atoms with E-state index >= 15 is 0 Å². The average molecular weight is 479 g/mol. The van der Waals surface area contributed by atoms with E-state index in [0.29, 0.717) is 19.3 Å². The molecule has 1 saturated carbocycles. The Hall–Kier alpha value is -3.35.